The number of nitrogens with one attached hydrogen (secondary N) is 1. The molecule has 1 amide bonds. The maximum Gasteiger partial charge on any atom is 0.261 e. The fourth-order valence-corrected chi connectivity index (χ4v) is 3.19. The molecule has 4 nitrogen and oxygen atoms in total. The molecular weight excluding hydrogens is 280 g/mol. The zero-order valence-corrected chi connectivity index (χ0v) is 12.4. The smallest absolute Gasteiger partial charge is 0.261 e. The van der Waals surface area contributed by atoms with Crippen molar-refractivity contribution in [3.8, 4) is 0 Å². The average Bonchev–Trinajstić information content (AvgIpc) is 2.98. The molecule has 0 unspecified atom stereocenters. The summed E-state index contributed by atoms with van der Waals surface area (Å²) in [5.74, 6) is -0.135. The number of amides is 1. The van der Waals surface area contributed by atoms with Gasteiger partial charge < -0.3 is 5.32 Å². The molecule has 2 rings (SSSR count). The first-order valence-electron chi connectivity index (χ1n) is 5.86. The molecule has 0 saturated carbocycles. The van der Waals surface area contributed by atoms with Crippen LogP contribution < -0.4 is 5.32 Å². The maximum absolute atomic E-state index is 11.9. The Morgan fingerprint density at radius 2 is 2.05 bits per heavy atom. The van der Waals surface area contributed by atoms with Crippen molar-refractivity contribution < 1.29 is 9.59 Å². The molecule has 2 aromatic rings. The van der Waals surface area contributed by atoms with Crippen LogP contribution in [0.4, 0.5) is 0 Å². The molecular formula is C13H14N2O2S2. The zero-order valence-electron chi connectivity index (χ0n) is 10.7. The number of carbonyl (C=O) groups excluding carboxylic acids is 2. The summed E-state index contributed by atoms with van der Waals surface area (Å²) in [5, 5.41) is 2.86. The lowest BCUT2D eigenvalue weighted by Gasteiger charge is -2.02. The van der Waals surface area contributed by atoms with Gasteiger partial charge in [0.1, 0.15) is 0 Å². The normalized spacial score (nSPS) is 10.4. The van der Waals surface area contributed by atoms with Gasteiger partial charge >= 0.3 is 0 Å². The first-order valence-corrected chi connectivity index (χ1v) is 7.55. The van der Waals surface area contributed by atoms with Gasteiger partial charge in [-0.25, -0.2) is 4.98 Å². The van der Waals surface area contributed by atoms with Gasteiger partial charge in [-0.3, -0.25) is 9.59 Å². The molecule has 1 N–H and O–H groups in total. The number of aromatic nitrogens is 1. The van der Waals surface area contributed by atoms with Crippen molar-refractivity contribution in [3.05, 3.63) is 38.0 Å². The largest absolute Gasteiger partial charge is 0.351 e. The second-order valence-corrected chi connectivity index (χ2v) is 6.11. The lowest BCUT2D eigenvalue weighted by Crippen LogP contribution is -2.24. The summed E-state index contributed by atoms with van der Waals surface area (Å²) < 4.78 is 0. The number of thiazole rings is 1. The standard InChI is InChI=1S/C13H14N2O2S2/c1-8-10(18-7-15-8)5-6-14-13(17)12-4-3-11(19-12)9(2)16/h3-4,7H,5-6H2,1-2H3,(H,14,17). The van der Waals surface area contributed by atoms with Gasteiger partial charge in [-0.2, -0.15) is 0 Å². The second-order valence-electron chi connectivity index (χ2n) is 4.09. The van der Waals surface area contributed by atoms with E-state index in [4.69, 9.17) is 0 Å². The van der Waals surface area contributed by atoms with Crippen LogP contribution in [0.1, 0.15) is 36.8 Å². The van der Waals surface area contributed by atoms with Crippen molar-refractivity contribution in [2.75, 3.05) is 6.54 Å². The molecule has 0 radical (unpaired) electrons. The van der Waals surface area contributed by atoms with E-state index >= 15 is 0 Å². The van der Waals surface area contributed by atoms with Gasteiger partial charge in [0.15, 0.2) is 5.78 Å². The van der Waals surface area contributed by atoms with E-state index in [1.165, 1.54) is 23.1 Å². The highest BCUT2D eigenvalue weighted by molar-refractivity contribution is 7.16. The Bertz CT molecular complexity index is 601. The summed E-state index contributed by atoms with van der Waals surface area (Å²) in [5.41, 5.74) is 2.83. The number of hydrogen-bond donors (Lipinski definition) is 1. The first kappa shape index (κ1) is 13.9. The minimum Gasteiger partial charge on any atom is -0.351 e. The van der Waals surface area contributed by atoms with E-state index in [2.05, 4.69) is 10.3 Å². The molecule has 0 aliphatic rings. The Labute approximate surface area is 119 Å². The van der Waals surface area contributed by atoms with Crippen LogP contribution in [0.15, 0.2) is 17.6 Å². The van der Waals surface area contributed by atoms with E-state index in [-0.39, 0.29) is 11.7 Å². The van der Waals surface area contributed by atoms with Gasteiger partial charge in [0.25, 0.3) is 5.91 Å². The van der Waals surface area contributed by atoms with Gasteiger partial charge in [-0.15, -0.1) is 22.7 Å². The van der Waals surface area contributed by atoms with Crippen molar-refractivity contribution in [2.24, 2.45) is 0 Å². The quantitative estimate of drug-likeness (QED) is 0.863. The number of hydrogen-bond acceptors (Lipinski definition) is 5. The Hall–Kier alpha value is -1.53. The van der Waals surface area contributed by atoms with Crippen molar-refractivity contribution in [1.29, 1.82) is 0 Å². The second kappa shape index (κ2) is 6.08. The Kier molecular flexibility index (Phi) is 4.44. The van der Waals surface area contributed by atoms with Gasteiger partial charge in [0.2, 0.25) is 0 Å². The van der Waals surface area contributed by atoms with Crippen molar-refractivity contribution in [3.63, 3.8) is 0 Å². The van der Waals surface area contributed by atoms with E-state index < -0.39 is 0 Å². The molecule has 0 aromatic carbocycles. The number of Topliss-reactive ketones (excluding diaryl/α,β-unsaturated/α-hetero) is 1. The van der Waals surface area contributed by atoms with E-state index in [1.54, 1.807) is 23.5 Å². The molecule has 2 heterocycles. The summed E-state index contributed by atoms with van der Waals surface area (Å²) in [7, 11) is 0. The van der Waals surface area contributed by atoms with Gasteiger partial charge in [-0.05, 0) is 26.0 Å². The van der Waals surface area contributed by atoms with Crippen LogP contribution >= 0.6 is 22.7 Å². The Balaban J connectivity index is 1.87. The predicted octanol–water partition coefficient (Wildman–Crippen LogP) is 2.69. The summed E-state index contributed by atoms with van der Waals surface area (Å²) in [6.45, 7) is 4.04. The highest BCUT2D eigenvalue weighted by Crippen LogP contribution is 2.17. The topological polar surface area (TPSA) is 59.1 Å². The van der Waals surface area contributed by atoms with Gasteiger partial charge in [-0.1, -0.05) is 0 Å². The third-order valence-electron chi connectivity index (χ3n) is 2.66. The lowest BCUT2D eigenvalue weighted by molar-refractivity contribution is 0.0957. The SMILES string of the molecule is CC(=O)c1ccc(C(=O)NCCc2scnc2C)s1. The summed E-state index contributed by atoms with van der Waals surface area (Å²) in [6.07, 6.45) is 0.785. The van der Waals surface area contributed by atoms with E-state index in [0.717, 1.165) is 12.1 Å². The number of thiophene rings is 1. The third-order valence-corrected chi connectivity index (χ3v) is 4.84. The highest BCUT2D eigenvalue weighted by Gasteiger charge is 2.11. The molecule has 0 bridgehead atoms. The molecule has 0 saturated heterocycles. The van der Waals surface area contributed by atoms with Gasteiger partial charge in [0.05, 0.1) is 21.0 Å². The summed E-state index contributed by atoms with van der Waals surface area (Å²) in [4.78, 5) is 29.6. The first-order chi connectivity index (χ1) is 9.08. The summed E-state index contributed by atoms with van der Waals surface area (Å²) in [6, 6.07) is 3.38. The van der Waals surface area contributed by atoms with Crippen LogP contribution in [-0.2, 0) is 6.42 Å². The minimum absolute atomic E-state index is 0.00988. The molecule has 0 fully saturated rings. The van der Waals surface area contributed by atoms with Crippen LogP contribution in [-0.4, -0.2) is 23.2 Å². The van der Waals surface area contributed by atoms with Crippen LogP contribution in [0, 0.1) is 6.92 Å². The summed E-state index contributed by atoms with van der Waals surface area (Å²) >= 11 is 2.83. The highest BCUT2D eigenvalue weighted by atomic mass is 32.1. The van der Waals surface area contributed by atoms with Crippen LogP contribution in [0.3, 0.4) is 0 Å². The monoisotopic (exact) mass is 294 g/mol. The fraction of sp³-hybridized carbons (Fsp3) is 0.308. The molecule has 100 valence electrons. The maximum atomic E-state index is 11.9. The molecule has 0 spiro atoms. The number of carbonyl (C=O) groups is 2. The van der Waals surface area contributed by atoms with Crippen LogP contribution in [0.5, 0.6) is 0 Å². The molecule has 0 atom stereocenters. The predicted molar refractivity (Wildman–Crippen MR) is 77.2 cm³/mol. The molecule has 6 heteroatoms. The van der Waals surface area contributed by atoms with Crippen molar-refractivity contribution >= 4 is 34.4 Å². The van der Waals surface area contributed by atoms with E-state index in [1.807, 2.05) is 12.4 Å². The molecule has 19 heavy (non-hydrogen) atoms. The number of aryl methyl sites for hydroxylation is 1. The fourth-order valence-electron chi connectivity index (χ4n) is 1.59. The Morgan fingerprint density at radius 3 is 2.63 bits per heavy atom. The third kappa shape index (κ3) is 3.48. The minimum atomic E-state index is -0.125. The number of ketones is 1. The van der Waals surface area contributed by atoms with E-state index in [9.17, 15) is 9.59 Å². The van der Waals surface area contributed by atoms with Crippen molar-refractivity contribution in [1.82, 2.24) is 10.3 Å². The lowest BCUT2D eigenvalue weighted by atomic mass is 10.3. The van der Waals surface area contributed by atoms with Crippen molar-refractivity contribution in [2.45, 2.75) is 20.3 Å². The molecule has 0 aliphatic heterocycles. The van der Waals surface area contributed by atoms with Crippen LogP contribution in [0.2, 0.25) is 0 Å². The number of rotatable bonds is 5. The molecule has 2 aromatic heterocycles. The average molecular weight is 294 g/mol. The van der Waals surface area contributed by atoms with E-state index in [0.29, 0.717) is 16.3 Å². The van der Waals surface area contributed by atoms with Gasteiger partial charge in [0, 0.05) is 17.8 Å². The Morgan fingerprint density at radius 1 is 1.32 bits per heavy atom. The van der Waals surface area contributed by atoms with Crippen LogP contribution in [0.25, 0.3) is 0 Å². The number of nitrogens with zero attached hydrogens (tertiary/aromatic N) is 1. The zero-order chi connectivity index (χ0) is 13.8. The molecule has 0 aliphatic carbocycles.